The first kappa shape index (κ1) is 57.7. The molecule has 20 heteroatoms. The summed E-state index contributed by atoms with van der Waals surface area (Å²) >= 11 is 3.45. The summed E-state index contributed by atoms with van der Waals surface area (Å²) in [7, 11) is 3.30. The standard InChI is InChI=1S/C56H76N10O8S2/c1-31(57-9)47(67)63-45(55(3,4)5)53(73)65-29-35(27-41(65)51(71)61-39-22-24-75-43-20-13-11-18-37(39)43)59-49(69)33-16-15-17-34(26-33)50(70)60-36-28-42(52(72)62-40-23-25-76-44-21-14-12-19-38(40)44)66(30-36)54(74)46(56(6,7)8)64-48(68)32(2)58-10/h11-21,26,31-32,35-36,39-42,45-46,57-58H,22-25,27-30H2,1-10H3,(H,59,69)(H,60,70)(H,61,71)(H,62,72)(H,63,67)(H,64,68)/t31-,32-,35-,36-,39?,40?,41-,42-,45+,46+/m0/s1. The van der Waals surface area contributed by atoms with E-state index < -0.39 is 82.8 Å². The predicted octanol–water partition coefficient (Wildman–Crippen LogP) is 4.07. The predicted molar refractivity (Wildman–Crippen MR) is 294 cm³/mol. The number of nitrogens with one attached hydrogen (secondary N) is 8. The molecule has 0 radical (unpaired) electrons. The normalized spacial score (nSPS) is 22.9. The number of amides is 8. The van der Waals surface area contributed by atoms with Crippen molar-refractivity contribution in [1.29, 1.82) is 0 Å². The van der Waals surface area contributed by atoms with Crippen molar-refractivity contribution in [2.45, 2.75) is 151 Å². The van der Waals surface area contributed by atoms with Gasteiger partial charge in [-0.3, -0.25) is 38.4 Å². The quantitative estimate of drug-likeness (QED) is 0.101. The molecule has 0 spiro atoms. The summed E-state index contributed by atoms with van der Waals surface area (Å²) in [5, 5.41) is 24.1. The molecule has 4 heterocycles. The van der Waals surface area contributed by atoms with E-state index in [0.717, 1.165) is 32.4 Å². The summed E-state index contributed by atoms with van der Waals surface area (Å²) < 4.78 is 0. The van der Waals surface area contributed by atoms with Gasteiger partial charge in [-0.1, -0.05) is 84.0 Å². The number of hydrogen-bond donors (Lipinski definition) is 8. The van der Waals surface area contributed by atoms with Crippen LogP contribution in [0.3, 0.4) is 0 Å². The van der Waals surface area contributed by atoms with Crippen molar-refractivity contribution < 1.29 is 38.4 Å². The van der Waals surface area contributed by atoms with Crippen molar-refractivity contribution in [1.82, 2.24) is 52.3 Å². The molecule has 3 aromatic carbocycles. The number of thioether (sulfide) groups is 2. The molecule has 3 aromatic rings. The Bertz CT molecular complexity index is 2500. The minimum Gasteiger partial charge on any atom is -0.347 e. The van der Waals surface area contributed by atoms with Crippen LogP contribution in [-0.2, 0) is 28.8 Å². The average molecular weight is 1080 g/mol. The zero-order valence-electron chi connectivity index (χ0n) is 45.3. The van der Waals surface area contributed by atoms with Gasteiger partial charge in [0.25, 0.3) is 11.8 Å². The fourth-order valence-corrected chi connectivity index (χ4v) is 12.4. The van der Waals surface area contributed by atoms with E-state index in [4.69, 9.17) is 0 Å². The summed E-state index contributed by atoms with van der Waals surface area (Å²) in [4.78, 5) is 118. The summed E-state index contributed by atoms with van der Waals surface area (Å²) in [5.41, 5.74) is 0.805. The molecule has 410 valence electrons. The van der Waals surface area contributed by atoms with Gasteiger partial charge in [0.15, 0.2) is 0 Å². The van der Waals surface area contributed by atoms with Gasteiger partial charge < -0.3 is 52.3 Å². The van der Waals surface area contributed by atoms with Crippen LogP contribution in [0.1, 0.15) is 125 Å². The summed E-state index contributed by atoms with van der Waals surface area (Å²) in [6, 6.07) is 14.9. The maximum absolute atomic E-state index is 14.7. The number of nitrogens with zero attached hydrogens (tertiary/aromatic N) is 2. The summed E-state index contributed by atoms with van der Waals surface area (Å²) in [6.45, 7) is 14.4. The number of carbonyl (C=O) groups is 8. The largest absolute Gasteiger partial charge is 0.347 e. The molecule has 4 aliphatic heterocycles. The number of likely N-dealkylation sites (N-methyl/N-ethyl adjacent to an activating group) is 2. The van der Waals surface area contributed by atoms with Gasteiger partial charge in [-0.05, 0) is 106 Å². The van der Waals surface area contributed by atoms with Gasteiger partial charge in [-0.25, -0.2) is 0 Å². The minimum atomic E-state index is -1.00. The number of benzene rings is 3. The van der Waals surface area contributed by atoms with E-state index in [1.807, 2.05) is 90.1 Å². The number of hydrogen-bond acceptors (Lipinski definition) is 12. The Balaban J connectivity index is 1.09. The SMILES string of the molecule is CN[C@@H](C)C(=O)N[C@H](C(=O)N1C[C@@H](NC(=O)c2cccc(C(=O)N[C@H]3C[C@@H](C(=O)NC4CCSc5ccccc54)N(C(=O)[C@@H](NC(=O)[C@H](C)NC)C(C)(C)C)C3)c2)C[C@H]1C(=O)NC1CCSc2ccccc21)C(C)(C)C. The first-order valence-electron chi connectivity index (χ1n) is 26.3. The number of likely N-dealkylation sites (tertiary alicyclic amines) is 2. The third-order valence-electron chi connectivity index (χ3n) is 14.8. The molecule has 0 aliphatic carbocycles. The average Bonchev–Trinajstić information content (AvgIpc) is 4.03. The van der Waals surface area contributed by atoms with Crippen LogP contribution in [-0.4, -0.2) is 144 Å². The Hall–Kier alpha value is -5.96. The molecule has 2 fully saturated rings. The molecule has 0 saturated carbocycles. The zero-order valence-corrected chi connectivity index (χ0v) is 47.0. The van der Waals surface area contributed by atoms with Crippen LogP contribution in [0, 0.1) is 10.8 Å². The van der Waals surface area contributed by atoms with Crippen molar-refractivity contribution in [3.8, 4) is 0 Å². The molecule has 10 atom stereocenters. The van der Waals surface area contributed by atoms with Crippen molar-refractivity contribution in [2.75, 3.05) is 38.7 Å². The van der Waals surface area contributed by atoms with E-state index in [0.29, 0.717) is 12.8 Å². The van der Waals surface area contributed by atoms with E-state index in [1.54, 1.807) is 69.7 Å². The Morgan fingerprint density at radius 3 is 1.29 bits per heavy atom. The Kier molecular flexibility index (Phi) is 18.7. The Labute approximate surface area is 455 Å². The molecule has 18 nitrogen and oxygen atoms in total. The first-order valence-corrected chi connectivity index (χ1v) is 28.3. The third kappa shape index (κ3) is 13.6. The Morgan fingerprint density at radius 2 is 0.921 bits per heavy atom. The van der Waals surface area contributed by atoms with Crippen molar-refractivity contribution in [2.24, 2.45) is 10.8 Å². The van der Waals surface area contributed by atoms with Crippen molar-refractivity contribution in [3.63, 3.8) is 0 Å². The lowest BCUT2D eigenvalue weighted by Crippen LogP contribution is -2.59. The van der Waals surface area contributed by atoms with E-state index in [2.05, 4.69) is 42.5 Å². The molecule has 2 unspecified atom stereocenters. The Morgan fingerprint density at radius 1 is 0.539 bits per heavy atom. The van der Waals surface area contributed by atoms with Gasteiger partial charge in [-0.2, -0.15) is 0 Å². The van der Waals surface area contributed by atoms with Crippen LogP contribution in [0.5, 0.6) is 0 Å². The number of fused-ring (bicyclic) bond motifs is 2. The molecule has 0 aromatic heterocycles. The van der Waals surface area contributed by atoms with Crippen molar-refractivity contribution >= 4 is 70.8 Å². The van der Waals surface area contributed by atoms with Crippen LogP contribution in [0.2, 0.25) is 0 Å². The van der Waals surface area contributed by atoms with Gasteiger partial charge in [0.05, 0.1) is 24.2 Å². The molecule has 76 heavy (non-hydrogen) atoms. The van der Waals surface area contributed by atoms with Crippen LogP contribution < -0.4 is 42.5 Å². The maximum atomic E-state index is 14.7. The van der Waals surface area contributed by atoms with E-state index in [1.165, 1.54) is 15.9 Å². The molecule has 8 amide bonds. The molecule has 8 N–H and O–H groups in total. The number of carbonyl (C=O) groups excluding carboxylic acids is 8. The zero-order chi connectivity index (χ0) is 55.2. The summed E-state index contributed by atoms with van der Waals surface area (Å²) in [5.74, 6) is -1.86. The van der Waals surface area contributed by atoms with Crippen LogP contribution in [0.15, 0.2) is 82.6 Å². The number of rotatable bonds is 16. The fraction of sp³-hybridized carbons (Fsp3) is 0.536. The molecule has 2 saturated heterocycles. The first-order chi connectivity index (χ1) is 36.0. The van der Waals surface area contributed by atoms with Gasteiger partial charge in [-0.15, -0.1) is 23.5 Å². The summed E-state index contributed by atoms with van der Waals surface area (Å²) in [6.07, 6.45) is 1.57. The van der Waals surface area contributed by atoms with Gasteiger partial charge in [0.2, 0.25) is 35.4 Å². The van der Waals surface area contributed by atoms with E-state index in [-0.39, 0.29) is 72.8 Å². The maximum Gasteiger partial charge on any atom is 0.251 e. The lowest BCUT2D eigenvalue weighted by atomic mass is 9.85. The molecule has 7 rings (SSSR count). The van der Waals surface area contributed by atoms with Gasteiger partial charge in [0.1, 0.15) is 24.2 Å². The third-order valence-corrected chi connectivity index (χ3v) is 17.1. The highest BCUT2D eigenvalue weighted by molar-refractivity contribution is 7.99. The molecular weight excluding hydrogens is 1000 g/mol. The smallest absolute Gasteiger partial charge is 0.251 e. The lowest BCUT2D eigenvalue weighted by molar-refractivity contribution is -0.144. The van der Waals surface area contributed by atoms with Crippen molar-refractivity contribution in [3.05, 3.63) is 95.1 Å². The van der Waals surface area contributed by atoms with Gasteiger partial charge in [0, 0.05) is 57.6 Å². The highest BCUT2D eigenvalue weighted by Crippen LogP contribution is 2.38. The van der Waals surface area contributed by atoms with Crippen LogP contribution in [0.25, 0.3) is 0 Å². The highest BCUT2D eigenvalue weighted by Gasteiger charge is 2.48. The minimum absolute atomic E-state index is 0.0177. The van der Waals surface area contributed by atoms with Crippen LogP contribution >= 0.6 is 23.5 Å². The molecule has 4 aliphatic rings. The van der Waals surface area contributed by atoms with Crippen LogP contribution in [0.4, 0.5) is 0 Å². The van der Waals surface area contributed by atoms with E-state index in [9.17, 15) is 38.4 Å². The second kappa shape index (κ2) is 24.6. The molecular formula is C56H76N10O8S2. The lowest BCUT2D eigenvalue weighted by Gasteiger charge is -2.36. The molecule has 0 bridgehead atoms. The monoisotopic (exact) mass is 1080 g/mol. The fourth-order valence-electron chi connectivity index (χ4n) is 10.1. The van der Waals surface area contributed by atoms with E-state index >= 15 is 0 Å². The highest BCUT2D eigenvalue weighted by atomic mass is 32.2. The van der Waals surface area contributed by atoms with Gasteiger partial charge >= 0.3 is 0 Å². The topological polar surface area (TPSA) is 239 Å². The second-order valence-corrected chi connectivity index (χ2v) is 24.8. The second-order valence-electron chi connectivity index (χ2n) is 22.5.